The molecule has 104 valence electrons. The average Bonchev–Trinajstić information content (AvgIpc) is 2.67. The van der Waals surface area contributed by atoms with E-state index in [2.05, 4.69) is 10.5 Å². The number of carbonyl (C=O) groups excluding carboxylic acids is 2. The standard InChI is InChI=1S/C13H19N3O3/c1-8-5-9(19-15-8)6-16-7-10(17)14-11(12(16)18)13(2,3)4/h5,11H,6-7H2,1-4H3,(H,14,17). The molecule has 2 amide bonds. The number of amides is 2. The average molecular weight is 265 g/mol. The van der Waals surface area contributed by atoms with Crippen LogP contribution in [0.3, 0.4) is 0 Å². The fourth-order valence-electron chi connectivity index (χ4n) is 2.10. The number of hydrogen-bond donors (Lipinski definition) is 1. The Labute approximate surface area is 112 Å². The van der Waals surface area contributed by atoms with Gasteiger partial charge in [0.2, 0.25) is 11.8 Å². The maximum absolute atomic E-state index is 12.4. The molecule has 1 aliphatic heterocycles. The van der Waals surface area contributed by atoms with Crippen molar-refractivity contribution in [2.24, 2.45) is 5.41 Å². The first-order valence-corrected chi connectivity index (χ1v) is 6.28. The van der Waals surface area contributed by atoms with Crippen LogP contribution in [0.15, 0.2) is 10.6 Å². The maximum Gasteiger partial charge on any atom is 0.246 e. The van der Waals surface area contributed by atoms with Gasteiger partial charge in [-0.15, -0.1) is 0 Å². The molecule has 6 heteroatoms. The molecular weight excluding hydrogens is 246 g/mol. The van der Waals surface area contributed by atoms with Crippen LogP contribution < -0.4 is 5.32 Å². The predicted octanol–water partition coefficient (Wildman–Crippen LogP) is 0.856. The minimum Gasteiger partial charge on any atom is -0.359 e. The molecule has 1 N–H and O–H groups in total. The Morgan fingerprint density at radius 2 is 2.16 bits per heavy atom. The fraction of sp³-hybridized carbons (Fsp3) is 0.615. The lowest BCUT2D eigenvalue weighted by Crippen LogP contribution is -2.61. The lowest BCUT2D eigenvalue weighted by molar-refractivity contribution is -0.148. The Kier molecular flexibility index (Phi) is 3.34. The highest BCUT2D eigenvalue weighted by atomic mass is 16.5. The molecule has 1 aliphatic rings. The van der Waals surface area contributed by atoms with Crippen LogP contribution in [0, 0.1) is 12.3 Å². The quantitative estimate of drug-likeness (QED) is 0.860. The predicted molar refractivity (Wildman–Crippen MR) is 68.0 cm³/mol. The van der Waals surface area contributed by atoms with Crippen molar-refractivity contribution in [3.8, 4) is 0 Å². The van der Waals surface area contributed by atoms with E-state index in [4.69, 9.17) is 4.52 Å². The van der Waals surface area contributed by atoms with E-state index in [0.29, 0.717) is 5.76 Å². The summed E-state index contributed by atoms with van der Waals surface area (Å²) in [6.45, 7) is 7.94. The van der Waals surface area contributed by atoms with Crippen LogP contribution in [0.25, 0.3) is 0 Å². The summed E-state index contributed by atoms with van der Waals surface area (Å²) in [5.41, 5.74) is 0.444. The Morgan fingerprint density at radius 3 is 2.68 bits per heavy atom. The summed E-state index contributed by atoms with van der Waals surface area (Å²) in [4.78, 5) is 25.6. The molecule has 0 spiro atoms. The smallest absolute Gasteiger partial charge is 0.246 e. The molecule has 1 aromatic heterocycles. The molecule has 6 nitrogen and oxygen atoms in total. The normalized spacial score (nSPS) is 20.6. The summed E-state index contributed by atoms with van der Waals surface area (Å²) in [6, 6.07) is 1.27. The topological polar surface area (TPSA) is 75.4 Å². The highest BCUT2D eigenvalue weighted by molar-refractivity contribution is 5.95. The van der Waals surface area contributed by atoms with Crippen molar-refractivity contribution < 1.29 is 14.1 Å². The number of nitrogens with zero attached hydrogens (tertiary/aromatic N) is 2. The lowest BCUT2D eigenvalue weighted by atomic mass is 9.85. The third-order valence-electron chi connectivity index (χ3n) is 3.09. The molecule has 1 saturated heterocycles. The van der Waals surface area contributed by atoms with Crippen LogP contribution in [0.2, 0.25) is 0 Å². The van der Waals surface area contributed by atoms with Crippen LogP contribution in [-0.2, 0) is 16.1 Å². The van der Waals surface area contributed by atoms with E-state index in [9.17, 15) is 9.59 Å². The third kappa shape index (κ3) is 2.94. The van der Waals surface area contributed by atoms with Crippen molar-refractivity contribution in [1.82, 2.24) is 15.4 Å². The molecule has 0 aromatic carbocycles. The number of hydrogen-bond acceptors (Lipinski definition) is 4. The van der Waals surface area contributed by atoms with Gasteiger partial charge in [-0.3, -0.25) is 9.59 Å². The van der Waals surface area contributed by atoms with Gasteiger partial charge in [0.15, 0.2) is 5.76 Å². The third-order valence-corrected chi connectivity index (χ3v) is 3.09. The number of carbonyl (C=O) groups is 2. The molecule has 19 heavy (non-hydrogen) atoms. The van der Waals surface area contributed by atoms with E-state index in [1.54, 1.807) is 6.07 Å². The van der Waals surface area contributed by atoms with Crippen molar-refractivity contribution in [1.29, 1.82) is 0 Å². The van der Waals surface area contributed by atoms with Gasteiger partial charge in [-0.25, -0.2) is 0 Å². The summed E-state index contributed by atoms with van der Waals surface area (Å²) < 4.78 is 5.10. The van der Waals surface area contributed by atoms with Gasteiger partial charge >= 0.3 is 0 Å². The molecule has 1 unspecified atom stereocenters. The fourth-order valence-corrected chi connectivity index (χ4v) is 2.10. The largest absolute Gasteiger partial charge is 0.359 e. The molecule has 1 fully saturated rings. The molecule has 1 atom stereocenters. The van der Waals surface area contributed by atoms with Gasteiger partial charge in [0.05, 0.1) is 12.2 Å². The zero-order valence-electron chi connectivity index (χ0n) is 11.7. The van der Waals surface area contributed by atoms with Crippen LogP contribution in [-0.4, -0.2) is 34.5 Å². The Morgan fingerprint density at radius 1 is 1.47 bits per heavy atom. The number of aromatic nitrogens is 1. The second kappa shape index (κ2) is 4.68. The number of piperazine rings is 1. The molecule has 2 heterocycles. The van der Waals surface area contributed by atoms with E-state index in [1.807, 2.05) is 27.7 Å². The Hall–Kier alpha value is -1.85. The van der Waals surface area contributed by atoms with Gasteiger partial charge in [-0.2, -0.15) is 0 Å². The van der Waals surface area contributed by atoms with E-state index >= 15 is 0 Å². The maximum atomic E-state index is 12.4. The molecular formula is C13H19N3O3. The molecule has 0 radical (unpaired) electrons. The number of nitrogens with one attached hydrogen (secondary N) is 1. The molecule has 2 rings (SSSR count). The van der Waals surface area contributed by atoms with E-state index in [1.165, 1.54) is 4.90 Å². The van der Waals surface area contributed by atoms with Crippen LogP contribution in [0.1, 0.15) is 32.2 Å². The van der Waals surface area contributed by atoms with E-state index < -0.39 is 6.04 Å². The van der Waals surface area contributed by atoms with E-state index in [-0.39, 0.29) is 30.3 Å². The van der Waals surface area contributed by atoms with Crippen molar-refractivity contribution in [3.63, 3.8) is 0 Å². The first-order valence-electron chi connectivity index (χ1n) is 6.28. The number of aryl methyl sites for hydroxylation is 1. The molecule has 0 saturated carbocycles. The van der Waals surface area contributed by atoms with Crippen molar-refractivity contribution >= 4 is 11.8 Å². The second-order valence-electron chi connectivity index (χ2n) is 6.00. The summed E-state index contributed by atoms with van der Waals surface area (Å²) in [5.74, 6) is 0.366. The van der Waals surface area contributed by atoms with Gasteiger partial charge in [0.1, 0.15) is 12.6 Å². The minimum absolute atomic E-state index is 0.0607. The van der Waals surface area contributed by atoms with Gasteiger partial charge < -0.3 is 14.7 Å². The summed E-state index contributed by atoms with van der Waals surface area (Å²) in [5, 5.41) is 6.53. The Bertz CT molecular complexity index is 501. The summed E-state index contributed by atoms with van der Waals surface area (Å²) in [7, 11) is 0. The summed E-state index contributed by atoms with van der Waals surface area (Å²) >= 11 is 0. The van der Waals surface area contributed by atoms with Crippen molar-refractivity contribution in [3.05, 3.63) is 17.5 Å². The van der Waals surface area contributed by atoms with Crippen LogP contribution in [0.4, 0.5) is 0 Å². The monoisotopic (exact) mass is 265 g/mol. The molecule has 0 aliphatic carbocycles. The van der Waals surface area contributed by atoms with Gasteiger partial charge in [0, 0.05) is 6.07 Å². The summed E-state index contributed by atoms with van der Waals surface area (Å²) in [6.07, 6.45) is 0. The number of rotatable bonds is 2. The van der Waals surface area contributed by atoms with Crippen molar-refractivity contribution in [2.45, 2.75) is 40.3 Å². The zero-order chi connectivity index (χ0) is 14.2. The lowest BCUT2D eigenvalue weighted by Gasteiger charge is -2.38. The zero-order valence-corrected chi connectivity index (χ0v) is 11.7. The minimum atomic E-state index is -0.502. The highest BCUT2D eigenvalue weighted by Gasteiger charge is 2.40. The Balaban J connectivity index is 2.16. The first-order chi connectivity index (χ1) is 8.77. The van der Waals surface area contributed by atoms with Crippen LogP contribution in [0.5, 0.6) is 0 Å². The van der Waals surface area contributed by atoms with Crippen molar-refractivity contribution in [2.75, 3.05) is 6.54 Å². The highest BCUT2D eigenvalue weighted by Crippen LogP contribution is 2.24. The second-order valence-corrected chi connectivity index (χ2v) is 6.00. The van der Waals surface area contributed by atoms with Gasteiger partial charge in [-0.1, -0.05) is 25.9 Å². The van der Waals surface area contributed by atoms with Gasteiger partial charge in [0.25, 0.3) is 0 Å². The molecule has 1 aromatic rings. The SMILES string of the molecule is Cc1cc(CN2CC(=O)NC(C(C)(C)C)C2=O)on1. The van der Waals surface area contributed by atoms with Gasteiger partial charge in [-0.05, 0) is 12.3 Å². The molecule has 0 bridgehead atoms. The van der Waals surface area contributed by atoms with Crippen LogP contribution >= 0.6 is 0 Å². The first kappa shape index (κ1) is 13.6. The van der Waals surface area contributed by atoms with E-state index in [0.717, 1.165) is 5.69 Å².